The number of phenols is 1. The van der Waals surface area contributed by atoms with Crippen LogP contribution in [0.25, 0.3) is 28.1 Å². The lowest BCUT2D eigenvalue weighted by molar-refractivity contribution is -0.140. The number of hydrogen-bond acceptors (Lipinski definition) is 5. The first-order chi connectivity index (χ1) is 14.9. The second-order valence-electron chi connectivity index (χ2n) is 6.82. The minimum Gasteiger partial charge on any atom is -0.504 e. The molecule has 4 aromatic rings. The van der Waals surface area contributed by atoms with Crippen LogP contribution in [0.3, 0.4) is 0 Å². The monoisotopic (exact) mass is 428 g/mol. The summed E-state index contributed by atoms with van der Waals surface area (Å²) in [5.74, 6) is 0.0536. The van der Waals surface area contributed by atoms with Crippen molar-refractivity contribution in [2.75, 3.05) is 13.2 Å². The summed E-state index contributed by atoms with van der Waals surface area (Å²) in [4.78, 5) is 0. The number of aromatic nitrogens is 4. The highest BCUT2D eigenvalue weighted by Gasteiger charge is 2.39. The van der Waals surface area contributed by atoms with Gasteiger partial charge in [-0.15, -0.1) is 0 Å². The zero-order valence-electron chi connectivity index (χ0n) is 15.8. The molecule has 2 aromatic heterocycles. The number of alkyl halides is 3. The summed E-state index contributed by atoms with van der Waals surface area (Å²) >= 11 is 0. The van der Waals surface area contributed by atoms with Gasteiger partial charge in [0.25, 0.3) is 0 Å². The fraction of sp³-hybridized carbons (Fsp3) is 0.143. The molecule has 3 heterocycles. The van der Waals surface area contributed by atoms with Gasteiger partial charge < -0.3 is 14.6 Å². The molecule has 5 rings (SSSR count). The van der Waals surface area contributed by atoms with E-state index in [0.29, 0.717) is 18.0 Å². The Balaban J connectivity index is 1.68. The van der Waals surface area contributed by atoms with E-state index in [1.807, 2.05) is 6.07 Å². The van der Waals surface area contributed by atoms with Crippen molar-refractivity contribution in [2.45, 2.75) is 6.18 Å². The number of rotatable bonds is 3. The third-order valence-electron chi connectivity index (χ3n) is 4.88. The summed E-state index contributed by atoms with van der Waals surface area (Å²) in [6, 6.07) is 12.0. The van der Waals surface area contributed by atoms with E-state index in [0.717, 1.165) is 0 Å². The summed E-state index contributed by atoms with van der Waals surface area (Å²) in [5, 5.41) is 20.8. The maximum Gasteiger partial charge on any atom is 0.433 e. The van der Waals surface area contributed by atoms with Crippen LogP contribution in [0.4, 0.5) is 13.2 Å². The Bertz CT molecular complexity index is 1250. The first-order valence-electron chi connectivity index (χ1n) is 9.31. The molecular formula is C21H15F3N4O3. The SMILES string of the molecule is Oc1c(-c2n[nH]c(C(F)(F)F)c2-c2cnn(-c3ccccc3)c2)ccc2c1OCCO2. The van der Waals surface area contributed by atoms with Gasteiger partial charge in [-0.1, -0.05) is 18.2 Å². The van der Waals surface area contributed by atoms with Crippen LogP contribution in [0.5, 0.6) is 17.2 Å². The van der Waals surface area contributed by atoms with Crippen LogP contribution in [0, 0.1) is 0 Å². The standard InChI is InChI=1S/C21H15F3N4O3/c22-21(23,24)20-16(12-10-25-28(11-12)13-4-2-1-3-5-13)17(26-27-20)14-6-7-15-19(18(14)29)31-9-8-30-15/h1-7,10-11,29H,8-9H2,(H,26,27). The van der Waals surface area contributed by atoms with E-state index in [1.54, 1.807) is 24.3 Å². The second kappa shape index (κ2) is 7.08. The molecule has 2 aromatic carbocycles. The van der Waals surface area contributed by atoms with Crippen LogP contribution < -0.4 is 9.47 Å². The van der Waals surface area contributed by atoms with Crippen molar-refractivity contribution in [1.82, 2.24) is 20.0 Å². The smallest absolute Gasteiger partial charge is 0.433 e. The van der Waals surface area contributed by atoms with Crippen molar-refractivity contribution < 1.29 is 27.8 Å². The molecule has 0 aliphatic carbocycles. The van der Waals surface area contributed by atoms with Gasteiger partial charge in [-0.05, 0) is 24.3 Å². The van der Waals surface area contributed by atoms with Crippen molar-refractivity contribution in [3.05, 3.63) is 60.6 Å². The molecule has 7 nitrogen and oxygen atoms in total. The van der Waals surface area contributed by atoms with Gasteiger partial charge in [-0.25, -0.2) is 4.68 Å². The van der Waals surface area contributed by atoms with Crippen LogP contribution in [0.15, 0.2) is 54.9 Å². The largest absolute Gasteiger partial charge is 0.504 e. The summed E-state index contributed by atoms with van der Waals surface area (Å²) in [6.07, 6.45) is -1.89. The van der Waals surface area contributed by atoms with Gasteiger partial charge in [0.1, 0.15) is 24.6 Å². The number of ether oxygens (including phenoxy) is 2. The summed E-state index contributed by atoms with van der Waals surface area (Å²) in [7, 11) is 0. The predicted octanol–water partition coefficient (Wildman–Crippen LogP) is 4.43. The number of nitrogens with zero attached hydrogens (tertiary/aromatic N) is 3. The molecule has 0 unspecified atom stereocenters. The number of H-pyrrole nitrogens is 1. The van der Waals surface area contributed by atoms with Crippen LogP contribution in [-0.2, 0) is 6.18 Å². The highest BCUT2D eigenvalue weighted by Crippen LogP contribution is 2.48. The van der Waals surface area contributed by atoms with Crippen molar-refractivity contribution >= 4 is 0 Å². The Morgan fingerprint density at radius 1 is 1.03 bits per heavy atom. The fourth-order valence-corrected chi connectivity index (χ4v) is 3.49. The normalized spacial score (nSPS) is 13.4. The third kappa shape index (κ3) is 3.25. The lowest BCUT2D eigenvalue weighted by Gasteiger charge is -2.20. The Morgan fingerprint density at radius 2 is 1.81 bits per heavy atom. The van der Waals surface area contributed by atoms with Gasteiger partial charge in [0.05, 0.1) is 11.9 Å². The quantitative estimate of drug-likeness (QED) is 0.505. The van der Waals surface area contributed by atoms with Gasteiger partial charge in [0.2, 0.25) is 5.75 Å². The molecule has 1 aliphatic rings. The molecule has 0 atom stereocenters. The number of hydrogen-bond donors (Lipinski definition) is 2. The number of benzene rings is 2. The van der Waals surface area contributed by atoms with Crippen molar-refractivity contribution in [3.8, 4) is 45.3 Å². The molecule has 2 N–H and O–H groups in total. The third-order valence-corrected chi connectivity index (χ3v) is 4.88. The molecule has 0 saturated carbocycles. The molecule has 0 saturated heterocycles. The second-order valence-corrected chi connectivity index (χ2v) is 6.82. The van der Waals surface area contributed by atoms with Crippen LogP contribution in [0.1, 0.15) is 5.69 Å². The summed E-state index contributed by atoms with van der Waals surface area (Å²) < 4.78 is 53.6. The Kier molecular flexibility index (Phi) is 4.35. The van der Waals surface area contributed by atoms with Gasteiger partial charge >= 0.3 is 6.18 Å². The number of phenolic OH excluding ortho intramolecular Hbond substituents is 1. The van der Waals surface area contributed by atoms with Crippen LogP contribution in [-0.4, -0.2) is 38.3 Å². The molecule has 31 heavy (non-hydrogen) atoms. The maximum atomic E-state index is 13.8. The topological polar surface area (TPSA) is 85.2 Å². The van der Waals surface area contributed by atoms with Crippen molar-refractivity contribution in [2.24, 2.45) is 0 Å². The van der Waals surface area contributed by atoms with E-state index >= 15 is 0 Å². The summed E-state index contributed by atoms with van der Waals surface area (Å²) in [5.41, 5.74) is -0.373. The number of aromatic amines is 1. The zero-order chi connectivity index (χ0) is 21.6. The molecule has 0 fully saturated rings. The van der Waals surface area contributed by atoms with Gasteiger partial charge in [0, 0.05) is 22.9 Å². The molecule has 0 bridgehead atoms. The number of para-hydroxylation sites is 1. The minimum absolute atomic E-state index is 0.0746. The van der Waals surface area contributed by atoms with E-state index in [4.69, 9.17) is 9.47 Å². The Morgan fingerprint density at radius 3 is 2.58 bits per heavy atom. The number of halogens is 3. The van der Waals surface area contributed by atoms with E-state index < -0.39 is 11.9 Å². The maximum absolute atomic E-state index is 13.8. The molecule has 0 spiro atoms. The fourth-order valence-electron chi connectivity index (χ4n) is 3.49. The Hall–Kier alpha value is -3.95. The first-order valence-corrected chi connectivity index (χ1v) is 9.31. The molecular weight excluding hydrogens is 413 g/mol. The minimum atomic E-state index is -4.70. The molecule has 1 aliphatic heterocycles. The van der Waals surface area contributed by atoms with Crippen LogP contribution >= 0.6 is 0 Å². The first kappa shape index (κ1) is 19.0. The van der Waals surface area contributed by atoms with Crippen molar-refractivity contribution in [3.63, 3.8) is 0 Å². The van der Waals surface area contributed by atoms with E-state index in [2.05, 4.69) is 15.3 Å². The highest BCUT2D eigenvalue weighted by molar-refractivity contribution is 5.87. The highest BCUT2D eigenvalue weighted by atomic mass is 19.4. The number of fused-ring (bicyclic) bond motifs is 1. The molecule has 0 radical (unpaired) electrons. The summed E-state index contributed by atoms with van der Waals surface area (Å²) in [6.45, 7) is 0.533. The molecule has 158 valence electrons. The average molecular weight is 428 g/mol. The zero-order valence-corrected chi connectivity index (χ0v) is 15.8. The average Bonchev–Trinajstić information content (AvgIpc) is 3.42. The number of nitrogens with one attached hydrogen (secondary N) is 1. The van der Waals surface area contributed by atoms with Crippen LogP contribution in [0.2, 0.25) is 0 Å². The van der Waals surface area contributed by atoms with E-state index in [1.165, 1.54) is 29.2 Å². The molecule has 10 heteroatoms. The van der Waals surface area contributed by atoms with Gasteiger partial charge in [-0.3, -0.25) is 5.10 Å². The van der Waals surface area contributed by atoms with E-state index in [-0.39, 0.29) is 40.5 Å². The lowest BCUT2D eigenvalue weighted by Crippen LogP contribution is -2.15. The Labute approximate surface area is 173 Å². The number of aromatic hydroxyl groups is 1. The molecule has 0 amide bonds. The van der Waals surface area contributed by atoms with Gasteiger partial charge in [-0.2, -0.15) is 23.4 Å². The lowest BCUT2D eigenvalue weighted by atomic mass is 9.99. The van der Waals surface area contributed by atoms with Gasteiger partial charge in [0.15, 0.2) is 11.5 Å². The van der Waals surface area contributed by atoms with Crippen molar-refractivity contribution in [1.29, 1.82) is 0 Å². The predicted molar refractivity (Wildman–Crippen MR) is 104 cm³/mol. The van der Waals surface area contributed by atoms with E-state index in [9.17, 15) is 18.3 Å².